The number of carbonyl (C=O) groups is 1. The number of hydrogen-bond acceptors (Lipinski definition) is 5. The number of methoxy groups -OCH3 is 1. The number of aromatic nitrogens is 1. The molecule has 1 fully saturated rings. The van der Waals surface area contributed by atoms with Crippen molar-refractivity contribution in [3.63, 3.8) is 0 Å². The summed E-state index contributed by atoms with van der Waals surface area (Å²) < 4.78 is 5.32. The normalized spacial score (nSPS) is 20.9. The molecule has 1 aliphatic heterocycles. The van der Waals surface area contributed by atoms with Crippen LogP contribution < -0.4 is 21.1 Å². The van der Waals surface area contributed by atoms with Crippen LogP contribution in [0.1, 0.15) is 23.7 Å². The maximum absolute atomic E-state index is 11.6. The molecule has 122 valence electrons. The van der Waals surface area contributed by atoms with Gasteiger partial charge >= 0.3 is 0 Å². The number of amides is 1. The van der Waals surface area contributed by atoms with Gasteiger partial charge in [0.25, 0.3) is 5.91 Å². The fourth-order valence-electron chi connectivity index (χ4n) is 3.30. The highest BCUT2D eigenvalue weighted by Crippen LogP contribution is 2.33. The quantitative estimate of drug-likeness (QED) is 0.892. The van der Waals surface area contributed by atoms with Crippen molar-refractivity contribution in [3.8, 4) is 5.75 Å². The minimum absolute atomic E-state index is 0.156. The minimum atomic E-state index is -0.503. The summed E-state index contributed by atoms with van der Waals surface area (Å²) in [6.45, 7) is 3.83. The Morgan fingerprint density at radius 1 is 1.43 bits per heavy atom. The molecule has 3 rings (SSSR count). The summed E-state index contributed by atoms with van der Waals surface area (Å²) >= 11 is 0. The van der Waals surface area contributed by atoms with Gasteiger partial charge in [-0.05, 0) is 29.5 Å². The fourth-order valence-corrected chi connectivity index (χ4v) is 3.30. The maximum atomic E-state index is 11.6. The van der Waals surface area contributed by atoms with E-state index in [2.05, 4.69) is 16.8 Å². The number of ether oxygens (including phenoxy) is 1. The van der Waals surface area contributed by atoms with Crippen LogP contribution >= 0.6 is 0 Å². The van der Waals surface area contributed by atoms with Gasteiger partial charge in [-0.2, -0.15) is 0 Å². The van der Waals surface area contributed by atoms with E-state index < -0.39 is 5.91 Å². The molecule has 0 saturated carbocycles. The number of fused-ring (bicyclic) bond motifs is 1. The molecule has 1 aliphatic rings. The van der Waals surface area contributed by atoms with E-state index in [0.29, 0.717) is 17.2 Å². The Balaban J connectivity index is 2.10. The molecule has 0 radical (unpaired) electrons. The van der Waals surface area contributed by atoms with Gasteiger partial charge in [0.05, 0.1) is 12.7 Å². The van der Waals surface area contributed by atoms with E-state index in [9.17, 15) is 4.79 Å². The van der Waals surface area contributed by atoms with Crippen LogP contribution in [0.3, 0.4) is 0 Å². The van der Waals surface area contributed by atoms with Crippen LogP contribution in [-0.4, -0.2) is 37.1 Å². The fraction of sp³-hybridized carbons (Fsp3) is 0.412. The van der Waals surface area contributed by atoms with E-state index in [1.807, 2.05) is 12.1 Å². The zero-order valence-corrected chi connectivity index (χ0v) is 13.5. The van der Waals surface area contributed by atoms with Gasteiger partial charge in [0.1, 0.15) is 11.6 Å². The molecule has 0 unspecified atom stereocenters. The Morgan fingerprint density at radius 2 is 2.22 bits per heavy atom. The van der Waals surface area contributed by atoms with Crippen molar-refractivity contribution in [3.05, 3.63) is 30.0 Å². The Kier molecular flexibility index (Phi) is 4.09. The van der Waals surface area contributed by atoms with Crippen LogP contribution in [0.25, 0.3) is 10.8 Å². The third kappa shape index (κ3) is 2.70. The second-order valence-corrected chi connectivity index (χ2v) is 6.01. The van der Waals surface area contributed by atoms with Gasteiger partial charge in [0, 0.05) is 30.7 Å². The molecule has 2 aromatic rings. The highest BCUT2D eigenvalue weighted by Gasteiger charge is 2.30. The Hall–Kier alpha value is -2.34. The first kappa shape index (κ1) is 15.6. The monoisotopic (exact) mass is 314 g/mol. The minimum Gasteiger partial charge on any atom is -0.496 e. The lowest BCUT2D eigenvalue weighted by Gasteiger charge is -2.20. The standard InChI is InChI=1S/C17H22N4O2/c1-3-10-8-21(9-14(10)18)17-12-7-15(23-2)13(16(19)22)6-11(12)4-5-20-17/h4-7,10,14H,3,8-9,18H2,1-2H3,(H2,19,22)/t10-,14-/m0/s1. The van der Waals surface area contributed by atoms with E-state index in [1.54, 1.807) is 12.3 Å². The molecular weight excluding hydrogens is 292 g/mol. The summed E-state index contributed by atoms with van der Waals surface area (Å²) in [5.74, 6) is 1.31. The van der Waals surface area contributed by atoms with Gasteiger partial charge in [-0.25, -0.2) is 4.98 Å². The number of anilines is 1. The molecule has 0 aliphatic carbocycles. The lowest BCUT2D eigenvalue weighted by molar-refractivity contribution is 0.0997. The van der Waals surface area contributed by atoms with Crippen LogP contribution in [0.2, 0.25) is 0 Å². The SMILES string of the molecule is CC[C@H]1CN(c2nccc3cc(C(N)=O)c(OC)cc23)C[C@@H]1N. The van der Waals surface area contributed by atoms with Gasteiger partial charge in [0.15, 0.2) is 0 Å². The largest absolute Gasteiger partial charge is 0.496 e. The lowest BCUT2D eigenvalue weighted by Crippen LogP contribution is -2.29. The first-order valence-electron chi connectivity index (χ1n) is 7.82. The molecule has 6 nitrogen and oxygen atoms in total. The first-order valence-corrected chi connectivity index (χ1v) is 7.82. The van der Waals surface area contributed by atoms with Crippen molar-refractivity contribution < 1.29 is 9.53 Å². The van der Waals surface area contributed by atoms with Crippen LogP contribution in [0.4, 0.5) is 5.82 Å². The number of primary amides is 1. The topological polar surface area (TPSA) is 94.5 Å². The van der Waals surface area contributed by atoms with Gasteiger partial charge in [-0.15, -0.1) is 0 Å². The second-order valence-electron chi connectivity index (χ2n) is 6.01. The Labute approximate surface area is 135 Å². The number of carbonyl (C=O) groups excluding carboxylic acids is 1. The molecule has 23 heavy (non-hydrogen) atoms. The number of hydrogen-bond donors (Lipinski definition) is 2. The van der Waals surface area contributed by atoms with Crippen molar-refractivity contribution in [2.24, 2.45) is 17.4 Å². The number of rotatable bonds is 4. The molecule has 1 amide bonds. The van der Waals surface area contributed by atoms with E-state index in [-0.39, 0.29) is 6.04 Å². The molecule has 6 heteroatoms. The Bertz CT molecular complexity index is 747. The summed E-state index contributed by atoms with van der Waals surface area (Å²) in [6, 6.07) is 5.62. The van der Waals surface area contributed by atoms with Crippen molar-refractivity contribution >= 4 is 22.5 Å². The molecular formula is C17H22N4O2. The summed E-state index contributed by atoms with van der Waals surface area (Å²) in [6.07, 6.45) is 2.80. The second kappa shape index (κ2) is 6.04. The van der Waals surface area contributed by atoms with Crippen LogP contribution in [0.15, 0.2) is 24.4 Å². The summed E-state index contributed by atoms with van der Waals surface area (Å²) in [5, 5.41) is 1.86. The molecule has 0 bridgehead atoms. The predicted octanol–water partition coefficient (Wildman–Crippen LogP) is 1.52. The third-order valence-electron chi connectivity index (χ3n) is 4.64. The molecule has 2 atom stereocenters. The Morgan fingerprint density at radius 3 is 2.83 bits per heavy atom. The summed E-state index contributed by atoms with van der Waals surface area (Å²) in [4.78, 5) is 18.3. The van der Waals surface area contributed by atoms with Crippen molar-refractivity contribution in [2.45, 2.75) is 19.4 Å². The van der Waals surface area contributed by atoms with Crippen LogP contribution in [0.5, 0.6) is 5.75 Å². The lowest BCUT2D eigenvalue weighted by atomic mass is 10.0. The summed E-state index contributed by atoms with van der Waals surface area (Å²) in [5.41, 5.74) is 12.0. The van der Waals surface area contributed by atoms with E-state index in [1.165, 1.54) is 7.11 Å². The zero-order chi connectivity index (χ0) is 16.6. The summed E-state index contributed by atoms with van der Waals surface area (Å²) in [7, 11) is 1.53. The van der Waals surface area contributed by atoms with E-state index >= 15 is 0 Å². The highest BCUT2D eigenvalue weighted by molar-refractivity contribution is 6.03. The smallest absolute Gasteiger partial charge is 0.252 e. The molecule has 2 heterocycles. The third-order valence-corrected chi connectivity index (χ3v) is 4.64. The zero-order valence-electron chi connectivity index (χ0n) is 13.5. The van der Waals surface area contributed by atoms with Gasteiger partial charge in [-0.3, -0.25) is 4.79 Å². The maximum Gasteiger partial charge on any atom is 0.252 e. The molecule has 1 saturated heterocycles. The number of pyridine rings is 1. The molecule has 4 N–H and O–H groups in total. The first-order chi connectivity index (χ1) is 11.0. The van der Waals surface area contributed by atoms with Gasteiger partial charge in [0.2, 0.25) is 0 Å². The van der Waals surface area contributed by atoms with Gasteiger partial charge in [-0.1, -0.05) is 13.3 Å². The molecule has 1 aromatic carbocycles. The van der Waals surface area contributed by atoms with Crippen molar-refractivity contribution in [2.75, 3.05) is 25.1 Å². The molecule has 0 spiro atoms. The van der Waals surface area contributed by atoms with E-state index in [4.69, 9.17) is 16.2 Å². The van der Waals surface area contributed by atoms with E-state index in [0.717, 1.165) is 36.1 Å². The van der Waals surface area contributed by atoms with Crippen LogP contribution in [-0.2, 0) is 0 Å². The van der Waals surface area contributed by atoms with Gasteiger partial charge < -0.3 is 21.1 Å². The number of nitrogens with two attached hydrogens (primary N) is 2. The van der Waals surface area contributed by atoms with Crippen LogP contribution in [0, 0.1) is 5.92 Å². The van der Waals surface area contributed by atoms with Crippen molar-refractivity contribution in [1.29, 1.82) is 0 Å². The van der Waals surface area contributed by atoms with Crippen molar-refractivity contribution in [1.82, 2.24) is 4.98 Å². The predicted molar refractivity (Wildman–Crippen MR) is 90.8 cm³/mol. The number of benzene rings is 1. The highest BCUT2D eigenvalue weighted by atomic mass is 16.5. The average molecular weight is 314 g/mol. The average Bonchev–Trinajstić information content (AvgIpc) is 2.93. The molecule has 1 aromatic heterocycles. The number of nitrogens with zero attached hydrogens (tertiary/aromatic N) is 2.